The van der Waals surface area contributed by atoms with Crippen LogP contribution in [0.3, 0.4) is 0 Å². The van der Waals surface area contributed by atoms with Crippen molar-refractivity contribution >= 4 is 5.69 Å². The number of para-hydroxylation sites is 2. The Bertz CT molecular complexity index is 631. The van der Waals surface area contributed by atoms with Crippen LogP contribution in [0, 0.1) is 25.2 Å². The zero-order chi connectivity index (χ0) is 13.1. The quantitative estimate of drug-likeness (QED) is 0.814. The number of aromatic nitrogens is 2. The SMILES string of the molecule is Cc1nnc(Oc2ccccc2N)c(C#N)c1C. The van der Waals surface area contributed by atoms with Gasteiger partial charge in [-0.3, -0.25) is 0 Å². The van der Waals surface area contributed by atoms with Crippen LogP contribution < -0.4 is 10.5 Å². The molecule has 0 saturated carbocycles. The predicted octanol–water partition coefficient (Wildman–Crippen LogP) is 2.34. The first kappa shape index (κ1) is 11.9. The first-order valence-electron chi connectivity index (χ1n) is 5.40. The van der Waals surface area contributed by atoms with Crippen LogP contribution in [0.5, 0.6) is 11.6 Å². The standard InChI is InChI=1S/C13H12N4O/c1-8-9(2)16-17-13(10(8)7-14)18-12-6-4-3-5-11(12)15/h3-6H,15H2,1-2H3. The summed E-state index contributed by atoms with van der Waals surface area (Å²) in [6, 6.07) is 9.11. The molecule has 18 heavy (non-hydrogen) atoms. The van der Waals surface area contributed by atoms with Crippen molar-refractivity contribution in [3.63, 3.8) is 0 Å². The van der Waals surface area contributed by atoms with Crippen molar-refractivity contribution < 1.29 is 4.74 Å². The van der Waals surface area contributed by atoms with Crippen molar-refractivity contribution in [3.05, 3.63) is 41.1 Å². The van der Waals surface area contributed by atoms with Crippen LogP contribution in [0.15, 0.2) is 24.3 Å². The van der Waals surface area contributed by atoms with Gasteiger partial charge in [-0.05, 0) is 31.5 Å². The lowest BCUT2D eigenvalue weighted by Gasteiger charge is -2.09. The number of hydrogen-bond donors (Lipinski definition) is 1. The highest BCUT2D eigenvalue weighted by molar-refractivity contribution is 5.55. The molecule has 0 spiro atoms. The molecule has 1 aromatic carbocycles. The molecule has 0 aliphatic heterocycles. The summed E-state index contributed by atoms with van der Waals surface area (Å²) in [6.07, 6.45) is 0. The third-order valence-corrected chi connectivity index (χ3v) is 2.66. The fourth-order valence-corrected chi connectivity index (χ4v) is 1.47. The number of benzene rings is 1. The molecule has 0 amide bonds. The van der Waals surface area contributed by atoms with Crippen LogP contribution in [0.25, 0.3) is 0 Å². The van der Waals surface area contributed by atoms with E-state index < -0.39 is 0 Å². The van der Waals surface area contributed by atoms with E-state index in [-0.39, 0.29) is 5.88 Å². The molecule has 0 bridgehead atoms. The number of nitrogens with two attached hydrogens (primary N) is 1. The topological polar surface area (TPSA) is 84.8 Å². The van der Waals surface area contributed by atoms with Gasteiger partial charge < -0.3 is 10.5 Å². The molecule has 0 radical (unpaired) electrons. The Kier molecular flexibility index (Phi) is 3.11. The van der Waals surface area contributed by atoms with Gasteiger partial charge in [0, 0.05) is 0 Å². The Morgan fingerprint density at radius 2 is 1.94 bits per heavy atom. The molecular formula is C13H12N4O. The summed E-state index contributed by atoms with van der Waals surface area (Å²) in [5.74, 6) is 0.644. The number of ether oxygens (including phenoxy) is 1. The monoisotopic (exact) mass is 240 g/mol. The molecule has 5 nitrogen and oxygen atoms in total. The zero-order valence-electron chi connectivity index (χ0n) is 10.1. The van der Waals surface area contributed by atoms with E-state index >= 15 is 0 Å². The summed E-state index contributed by atoms with van der Waals surface area (Å²) in [5.41, 5.74) is 8.11. The smallest absolute Gasteiger partial charge is 0.257 e. The molecule has 2 aromatic rings. The number of aryl methyl sites for hydroxylation is 1. The van der Waals surface area contributed by atoms with E-state index in [2.05, 4.69) is 16.3 Å². The molecule has 0 aliphatic carbocycles. The van der Waals surface area contributed by atoms with E-state index in [1.54, 1.807) is 31.2 Å². The lowest BCUT2D eigenvalue weighted by atomic mass is 10.1. The molecule has 1 aromatic heterocycles. The summed E-state index contributed by atoms with van der Waals surface area (Å²) in [5, 5.41) is 17.0. The Morgan fingerprint density at radius 3 is 2.61 bits per heavy atom. The van der Waals surface area contributed by atoms with E-state index in [0.717, 1.165) is 5.56 Å². The highest BCUT2D eigenvalue weighted by atomic mass is 16.5. The van der Waals surface area contributed by atoms with Gasteiger partial charge in [-0.1, -0.05) is 12.1 Å². The van der Waals surface area contributed by atoms with Crippen molar-refractivity contribution in [1.29, 1.82) is 5.26 Å². The second-order valence-electron chi connectivity index (χ2n) is 3.84. The van der Waals surface area contributed by atoms with Crippen LogP contribution in [0.1, 0.15) is 16.8 Å². The Labute approximate surface area is 105 Å². The van der Waals surface area contributed by atoms with Crippen molar-refractivity contribution in [2.75, 3.05) is 5.73 Å². The Hall–Kier alpha value is -2.61. The second-order valence-corrected chi connectivity index (χ2v) is 3.84. The maximum Gasteiger partial charge on any atom is 0.257 e. The lowest BCUT2D eigenvalue weighted by Crippen LogP contribution is -2.01. The van der Waals surface area contributed by atoms with Gasteiger partial charge in [-0.25, -0.2) is 0 Å². The summed E-state index contributed by atoms with van der Waals surface area (Å²) in [6.45, 7) is 3.60. The molecule has 2 N–H and O–H groups in total. The maximum absolute atomic E-state index is 9.14. The summed E-state index contributed by atoms with van der Waals surface area (Å²) in [4.78, 5) is 0. The van der Waals surface area contributed by atoms with Crippen molar-refractivity contribution in [3.8, 4) is 17.7 Å². The number of anilines is 1. The molecular weight excluding hydrogens is 228 g/mol. The summed E-state index contributed by atoms with van der Waals surface area (Å²) < 4.78 is 5.55. The van der Waals surface area contributed by atoms with Gasteiger partial charge in [0.05, 0.1) is 11.4 Å². The molecule has 0 atom stereocenters. The van der Waals surface area contributed by atoms with Crippen LogP contribution in [-0.2, 0) is 0 Å². The average Bonchev–Trinajstić information content (AvgIpc) is 2.37. The zero-order valence-corrected chi connectivity index (χ0v) is 10.1. The number of nitriles is 1. The predicted molar refractivity (Wildman–Crippen MR) is 67.1 cm³/mol. The van der Waals surface area contributed by atoms with Crippen LogP contribution in [-0.4, -0.2) is 10.2 Å². The van der Waals surface area contributed by atoms with Gasteiger partial charge in [-0.2, -0.15) is 10.4 Å². The van der Waals surface area contributed by atoms with Crippen LogP contribution >= 0.6 is 0 Å². The van der Waals surface area contributed by atoms with Crippen molar-refractivity contribution in [2.24, 2.45) is 0 Å². The maximum atomic E-state index is 9.14. The fourth-order valence-electron chi connectivity index (χ4n) is 1.47. The fraction of sp³-hybridized carbons (Fsp3) is 0.154. The highest BCUT2D eigenvalue weighted by Gasteiger charge is 2.13. The lowest BCUT2D eigenvalue weighted by molar-refractivity contribution is 0.454. The molecule has 0 aliphatic rings. The van der Waals surface area contributed by atoms with Gasteiger partial charge in [-0.15, -0.1) is 5.10 Å². The molecule has 90 valence electrons. The molecule has 0 fully saturated rings. The minimum absolute atomic E-state index is 0.179. The van der Waals surface area contributed by atoms with E-state index in [1.165, 1.54) is 0 Å². The summed E-state index contributed by atoms with van der Waals surface area (Å²) in [7, 11) is 0. The normalized spacial score (nSPS) is 9.83. The first-order chi connectivity index (χ1) is 8.63. The van der Waals surface area contributed by atoms with Gasteiger partial charge in [0.2, 0.25) is 0 Å². The Morgan fingerprint density at radius 1 is 1.22 bits per heavy atom. The first-order valence-corrected chi connectivity index (χ1v) is 5.40. The molecule has 0 unspecified atom stereocenters. The number of nitrogen functional groups attached to an aromatic ring is 1. The van der Waals surface area contributed by atoms with Gasteiger partial charge >= 0.3 is 0 Å². The molecule has 2 rings (SSSR count). The third-order valence-electron chi connectivity index (χ3n) is 2.66. The minimum Gasteiger partial charge on any atom is -0.434 e. The minimum atomic E-state index is 0.179. The number of rotatable bonds is 2. The van der Waals surface area contributed by atoms with Crippen LogP contribution in [0.2, 0.25) is 0 Å². The summed E-state index contributed by atoms with van der Waals surface area (Å²) >= 11 is 0. The van der Waals surface area contributed by atoms with E-state index in [0.29, 0.717) is 22.7 Å². The largest absolute Gasteiger partial charge is 0.434 e. The van der Waals surface area contributed by atoms with Gasteiger partial charge in [0.15, 0.2) is 5.75 Å². The van der Waals surface area contributed by atoms with Crippen molar-refractivity contribution in [1.82, 2.24) is 10.2 Å². The average molecular weight is 240 g/mol. The van der Waals surface area contributed by atoms with Crippen LogP contribution in [0.4, 0.5) is 5.69 Å². The van der Waals surface area contributed by atoms with Gasteiger partial charge in [0.1, 0.15) is 11.6 Å². The van der Waals surface area contributed by atoms with Crippen molar-refractivity contribution in [2.45, 2.75) is 13.8 Å². The van der Waals surface area contributed by atoms with Gasteiger partial charge in [0.25, 0.3) is 5.88 Å². The van der Waals surface area contributed by atoms with E-state index in [1.807, 2.05) is 6.92 Å². The van der Waals surface area contributed by atoms with E-state index in [9.17, 15) is 0 Å². The third kappa shape index (κ3) is 2.09. The molecule has 5 heteroatoms. The Balaban J connectivity index is 2.45. The number of hydrogen-bond acceptors (Lipinski definition) is 5. The number of nitrogens with zero attached hydrogens (tertiary/aromatic N) is 3. The second kappa shape index (κ2) is 4.72. The van der Waals surface area contributed by atoms with E-state index in [4.69, 9.17) is 15.7 Å². The highest BCUT2D eigenvalue weighted by Crippen LogP contribution is 2.28. The molecule has 1 heterocycles. The molecule has 0 saturated heterocycles.